The number of nitrogens with two attached hydrogens (primary N) is 1. The minimum atomic E-state index is 0.0815. The fourth-order valence-electron chi connectivity index (χ4n) is 5.52. The van der Waals surface area contributed by atoms with Gasteiger partial charge >= 0.3 is 0 Å². The molecule has 0 radical (unpaired) electrons. The normalized spacial score (nSPS) is 35.6. The van der Waals surface area contributed by atoms with Crippen LogP contribution < -0.4 is 10.6 Å². The summed E-state index contributed by atoms with van der Waals surface area (Å²) in [7, 11) is 0. The number of hydrogen-bond acceptors (Lipinski definition) is 1. The summed E-state index contributed by atoms with van der Waals surface area (Å²) in [6, 6.07) is 7.36. The fourth-order valence-corrected chi connectivity index (χ4v) is 5.71. The van der Waals surface area contributed by atoms with Crippen LogP contribution in [0.4, 0.5) is 5.69 Å². The van der Waals surface area contributed by atoms with Crippen molar-refractivity contribution < 1.29 is 10.1 Å². The van der Waals surface area contributed by atoms with Gasteiger partial charge in [-0.1, -0.05) is 17.7 Å². The SMILES string of the molecule is O=C(C[NH2+]C12CC3CC(CC(C3)C1)C2)Nc1cccc(Cl)c1. The molecule has 4 aliphatic carbocycles. The van der Waals surface area contributed by atoms with E-state index in [1.165, 1.54) is 38.5 Å². The first-order valence-electron chi connectivity index (χ1n) is 8.50. The van der Waals surface area contributed by atoms with Gasteiger partial charge in [0.15, 0.2) is 6.54 Å². The highest BCUT2D eigenvalue weighted by Crippen LogP contribution is 2.54. The summed E-state index contributed by atoms with van der Waals surface area (Å²) < 4.78 is 0. The Labute approximate surface area is 136 Å². The lowest BCUT2D eigenvalue weighted by Crippen LogP contribution is -3.00. The molecule has 3 nitrogen and oxygen atoms in total. The van der Waals surface area contributed by atoms with E-state index in [0.29, 0.717) is 17.1 Å². The molecule has 0 spiro atoms. The van der Waals surface area contributed by atoms with Gasteiger partial charge in [0.1, 0.15) is 0 Å². The molecule has 4 heteroatoms. The average Bonchev–Trinajstić information content (AvgIpc) is 2.44. The Hall–Kier alpha value is -1.06. The number of carbonyl (C=O) groups excluding carboxylic acids is 1. The third-order valence-corrected chi connectivity index (χ3v) is 6.15. The van der Waals surface area contributed by atoms with E-state index in [4.69, 9.17) is 11.6 Å². The third-order valence-electron chi connectivity index (χ3n) is 5.91. The van der Waals surface area contributed by atoms with E-state index in [-0.39, 0.29) is 5.91 Å². The molecule has 0 unspecified atom stereocenters. The summed E-state index contributed by atoms with van der Waals surface area (Å²) in [4.78, 5) is 12.2. The zero-order chi connectivity index (χ0) is 15.2. The van der Waals surface area contributed by atoms with Crippen molar-refractivity contribution in [3.8, 4) is 0 Å². The van der Waals surface area contributed by atoms with Gasteiger partial charge in [-0.05, 0) is 55.2 Å². The molecule has 0 aliphatic heterocycles. The first kappa shape index (κ1) is 14.5. The Balaban J connectivity index is 1.35. The summed E-state index contributed by atoms with van der Waals surface area (Å²) in [5.41, 5.74) is 1.15. The Morgan fingerprint density at radius 2 is 1.82 bits per heavy atom. The van der Waals surface area contributed by atoms with Gasteiger partial charge < -0.3 is 10.6 Å². The van der Waals surface area contributed by atoms with Gasteiger partial charge in [-0.3, -0.25) is 4.79 Å². The van der Waals surface area contributed by atoms with Crippen LogP contribution in [0.5, 0.6) is 0 Å². The number of anilines is 1. The van der Waals surface area contributed by atoms with E-state index < -0.39 is 0 Å². The second-order valence-electron chi connectivity index (χ2n) is 7.75. The molecule has 0 saturated heterocycles. The largest absolute Gasteiger partial charge is 0.334 e. The molecule has 4 aliphatic rings. The van der Waals surface area contributed by atoms with Gasteiger partial charge in [0.25, 0.3) is 5.91 Å². The zero-order valence-corrected chi connectivity index (χ0v) is 13.6. The lowest BCUT2D eigenvalue weighted by Gasteiger charge is -2.54. The van der Waals surface area contributed by atoms with Gasteiger partial charge in [0.2, 0.25) is 0 Å². The molecule has 4 fully saturated rings. The van der Waals surface area contributed by atoms with Crippen LogP contribution in [0.1, 0.15) is 38.5 Å². The lowest BCUT2D eigenvalue weighted by molar-refractivity contribution is -0.729. The number of carbonyl (C=O) groups is 1. The van der Waals surface area contributed by atoms with Gasteiger partial charge in [0, 0.05) is 30.0 Å². The van der Waals surface area contributed by atoms with E-state index in [2.05, 4.69) is 10.6 Å². The number of quaternary nitrogens is 1. The maximum absolute atomic E-state index is 12.2. The molecule has 4 saturated carbocycles. The van der Waals surface area contributed by atoms with E-state index in [0.717, 1.165) is 23.4 Å². The Bertz CT molecular complexity index is 551. The Morgan fingerprint density at radius 3 is 2.41 bits per heavy atom. The Morgan fingerprint density at radius 1 is 1.18 bits per heavy atom. The highest BCUT2D eigenvalue weighted by Gasteiger charge is 2.53. The summed E-state index contributed by atoms with van der Waals surface area (Å²) in [5, 5.41) is 5.96. The molecular weight excluding hydrogens is 296 g/mol. The fraction of sp³-hybridized carbons (Fsp3) is 0.611. The van der Waals surface area contributed by atoms with Crippen LogP contribution in [-0.4, -0.2) is 18.0 Å². The number of rotatable bonds is 4. The van der Waals surface area contributed by atoms with Crippen LogP contribution in [0.3, 0.4) is 0 Å². The highest BCUT2D eigenvalue weighted by molar-refractivity contribution is 6.30. The first-order chi connectivity index (χ1) is 10.6. The lowest BCUT2D eigenvalue weighted by atomic mass is 9.53. The summed E-state index contributed by atoms with van der Waals surface area (Å²) in [5.74, 6) is 2.87. The zero-order valence-electron chi connectivity index (χ0n) is 12.9. The molecule has 1 aromatic rings. The van der Waals surface area contributed by atoms with Crippen LogP contribution in [0.25, 0.3) is 0 Å². The number of nitrogens with one attached hydrogen (secondary N) is 1. The predicted octanol–water partition coefficient (Wildman–Crippen LogP) is 2.81. The van der Waals surface area contributed by atoms with Crippen LogP contribution in [-0.2, 0) is 4.79 Å². The predicted molar refractivity (Wildman–Crippen MR) is 87.8 cm³/mol. The van der Waals surface area contributed by atoms with Gasteiger partial charge in [0.05, 0.1) is 5.54 Å². The topological polar surface area (TPSA) is 45.7 Å². The van der Waals surface area contributed by atoms with E-state index in [9.17, 15) is 4.79 Å². The van der Waals surface area contributed by atoms with Crippen molar-refractivity contribution >= 4 is 23.2 Å². The van der Waals surface area contributed by atoms with Crippen molar-refractivity contribution in [2.75, 3.05) is 11.9 Å². The first-order valence-corrected chi connectivity index (χ1v) is 8.88. The molecule has 0 aromatic heterocycles. The molecule has 118 valence electrons. The maximum Gasteiger partial charge on any atom is 0.279 e. The van der Waals surface area contributed by atoms with Crippen molar-refractivity contribution in [3.63, 3.8) is 0 Å². The van der Waals surface area contributed by atoms with E-state index in [1.807, 2.05) is 18.2 Å². The smallest absolute Gasteiger partial charge is 0.279 e. The second-order valence-corrected chi connectivity index (χ2v) is 8.18. The summed E-state index contributed by atoms with van der Waals surface area (Å²) >= 11 is 5.96. The maximum atomic E-state index is 12.2. The minimum absolute atomic E-state index is 0.0815. The van der Waals surface area contributed by atoms with Crippen LogP contribution in [0.15, 0.2) is 24.3 Å². The molecular formula is C18H24ClN2O+. The highest BCUT2D eigenvalue weighted by atomic mass is 35.5. The van der Waals surface area contributed by atoms with Crippen LogP contribution in [0, 0.1) is 17.8 Å². The molecule has 1 aromatic carbocycles. The van der Waals surface area contributed by atoms with Gasteiger partial charge in [-0.25, -0.2) is 0 Å². The third kappa shape index (κ3) is 2.89. The van der Waals surface area contributed by atoms with Crippen molar-refractivity contribution in [2.24, 2.45) is 17.8 Å². The molecule has 4 bridgehead atoms. The number of hydrogen-bond donors (Lipinski definition) is 2. The second kappa shape index (κ2) is 5.54. The number of halogens is 1. The number of benzene rings is 1. The monoisotopic (exact) mass is 319 g/mol. The summed E-state index contributed by atoms with van der Waals surface area (Å²) in [6.07, 6.45) is 8.31. The molecule has 1 amide bonds. The molecule has 22 heavy (non-hydrogen) atoms. The molecule has 5 rings (SSSR count). The van der Waals surface area contributed by atoms with Gasteiger partial charge in [-0.2, -0.15) is 0 Å². The van der Waals surface area contributed by atoms with Crippen molar-refractivity contribution in [1.29, 1.82) is 0 Å². The molecule has 0 heterocycles. The van der Waals surface area contributed by atoms with Crippen molar-refractivity contribution in [2.45, 2.75) is 44.1 Å². The van der Waals surface area contributed by atoms with Crippen molar-refractivity contribution in [1.82, 2.24) is 0 Å². The standard InChI is InChI=1S/C18H23ClN2O/c19-15-2-1-3-16(7-15)21-17(22)11-20-18-8-12-4-13(9-18)6-14(5-12)10-18/h1-3,7,12-14,20H,4-6,8-11H2,(H,21,22)/p+1. The molecule has 3 N–H and O–H groups in total. The van der Waals surface area contributed by atoms with E-state index >= 15 is 0 Å². The minimum Gasteiger partial charge on any atom is -0.334 e. The summed E-state index contributed by atoms with van der Waals surface area (Å²) in [6.45, 7) is 0.526. The van der Waals surface area contributed by atoms with Crippen LogP contribution in [0.2, 0.25) is 5.02 Å². The van der Waals surface area contributed by atoms with Crippen molar-refractivity contribution in [3.05, 3.63) is 29.3 Å². The quantitative estimate of drug-likeness (QED) is 0.880. The number of amides is 1. The van der Waals surface area contributed by atoms with Crippen LogP contribution >= 0.6 is 11.6 Å². The molecule has 0 atom stereocenters. The van der Waals surface area contributed by atoms with E-state index in [1.54, 1.807) is 6.07 Å². The van der Waals surface area contributed by atoms with Gasteiger partial charge in [-0.15, -0.1) is 0 Å². The average molecular weight is 320 g/mol. The Kier molecular flexibility index (Phi) is 3.66.